The molecule has 0 bridgehead atoms. The van der Waals surface area contributed by atoms with Crippen LogP contribution >= 0.6 is 0 Å². The van der Waals surface area contributed by atoms with Crippen LogP contribution in [0.5, 0.6) is 0 Å². The van der Waals surface area contributed by atoms with Gasteiger partial charge in [-0.05, 0) is 67.3 Å². The first kappa shape index (κ1) is 21.8. The fraction of sp³-hybridized carbons (Fsp3) is 0.400. The van der Waals surface area contributed by atoms with Gasteiger partial charge in [-0.2, -0.15) is 0 Å². The van der Waals surface area contributed by atoms with E-state index in [4.69, 9.17) is 4.74 Å². The van der Waals surface area contributed by atoms with E-state index in [1.807, 2.05) is 50.2 Å². The number of ether oxygens (including phenoxy) is 1. The Balaban J connectivity index is 1.46. The van der Waals surface area contributed by atoms with Crippen LogP contribution in [0.25, 0.3) is 0 Å². The molecule has 3 rings (SSSR count). The summed E-state index contributed by atoms with van der Waals surface area (Å²) < 4.78 is 5.06. The molecule has 2 aromatic rings. The zero-order chi connectivity index (χ0) is 21.5. The van der Waals surface area contributed by atoms with E-state index < -0.39 is 5.97 Å². The maximum absolute atomic E-state index is 12.4. The third-order valence-corrected chi connectivity index (χ3v) is 5.60. The first-order valence-corrected chi connectivity index (χ1v) is 10.7. The van der Waals surface area contributed by atoms with E-state index in [1.165, 1.54) is 17.5 Å². The van der Waals surface area contributed by atoms with Crippen molar-refractivity contribution in [2.24, 2.45) is 0 Å². The van der Waals surface area contributed by atoms with Crippen LogP contribution in [0.1, 0.15) is 65.2 Å². The molecule has 1 aliphatic carbocycles. The molecule has 0 saturated carbocycles. The van der Waals surface area contributed by atoms with Gasteiger partial charge in [-0.3, -0.25) is 14.4 Å². The molecule has 0 saturated heterocycles. The number of carbonyl (C=O) groups excluding carboxylic acids is 3. The quantitative estimate of drug-likeness (QED) is 0.513. The van der Waals surface area contributed by atoms with Crippen LogP contribution in [0.15, 0.2) is 36.4 Å². The number of anilines is 1. The fourth-order valence-corrected chi connectivity index (χ4v) is 3.86. The molecule has 5 nitrogen and oxygen atoms in total. The molecule has 0 heterocycles. The molecule has 1 N–H and O–H groups in total. The number of aryl methyl sites for hydroxylation is 4. The second-order valence-electron chi connectivity index (χ2n) is 7.79. The van der Waals surface area contributed by atoms with Crippen molar-refractivity contribution in [3.05, 3.63) is 64.2 Å². The van der Waals surface area contributed by atoms with E-state index in [9.17, 15) is 14.4 Å². The van der Waals surface area contributed by atoms with Crippen molar-refractivity contribution in [3.8, 4) is 0 Å². The highest BCUT2D eigenvalue weighted by Crippen LogP contribution is 2.23. The number of nitrogens with one attached hydrogen (secondary N) is 1. The summed E-state index contributed by atoms with van der Waals surface area (Å²) in [6, 6.07) is 11.7. The van der Waals surface area contributed by atoms with Gasteiger partial charge in [0.1, 0.15) is 0 Å². The number of hydrogen-bond donors (Lipinski definition) is 1. The number of Topliss-reactive ketones (excluding diaryl/α,β-unsaturated/α-hetero) is 1. The van der Waals surface area contributed by atoms with E-state index in [1.54, 1.807) is 0 Å². The maximum Gasteiger partial charge on any atom is 0.306 e. The van der Waals surface area contributed by atoms with Crippen LogP contribution in [-0.4, -0.2) is 24.3 Å². The number of benzene rings is 2. The van der Waals surface area contributed by atoms with Gasteiger partial charge in [0, 0.05) is 17.7 Å². The maximum atomic E-state index is 12.4. The fourth-order valence-electron chi connectivity index (χ4n) is 3.86. The Morgan fingerprint density at radius 1 is 1.00 bits per heavy atom. The predicted molar refractivity (Wildman–Crippen MR) is 117 cm³/mol. The van der Waals surface area contributed by atoms with Gasteiger partial charge in [0.15, 0.2) is 12.4 Å². The zero-order valence-electron chi connectivity index (χ0n) is 17.8. The summed E-state index contributed by atoms with van der Waals surface area (Å²) in [4.78, 5) is 36.6. The van der Waals surface area contributed by atoms with Gasteiger partial charge in [0.25, 0.3) is 5.91 Å². The molecule has 2 aromatic carbocycles. The van der Waals surface area contributed by atoms with Gasteiger partial charge in [-0.25, -0.2) is 0 Å². The van der Waals surface area contributed by atoms with Crippen LogP contribution in [0.3, 0.4) is 0 Å². The molecular weight excluding hydrogens is 378 g/mol. The van der Waals surface area contributed by atoms with Crippen molar-refractivity contribution < 1.29 is 19.1 Å². The Hall–Kier alpha value is -2.95. The Labute approximate surface area is 177 Å². The Bertz CT molecular complexity index is 948. The Kier molecular flexibility index (Phi) is 7.39. The first-order chi connectivity index (χ1) is 14.5. The van der Waals surface area contributed by atoms with Crippen molar-refractivity contribution in [2.45, 2.75) is 58.8 Å². The number of hydrogen-bond acceptors (Lipinski definition) is 4. The summed E-state index contributed by atoms with van der Waals surface area (Å²) in [6.07, 6.45) is 5.27. The van der Waals surface area contributed by atoms with E-state index in [2.05, 4.69) is 5.32 Å². The zero-order valence-corrected chi connectivity index (χ0v) is 17.8. The predicted octanol–water partition coefficient (Wildman–Crippen LogP) is 4.58. The standard InChI is InChI=1S/C25H29NO4/c1-3-18-10-6-7-17(2)25(18)26-23(28)16-30-24(29)14-13-22(27)21-12-11-19-8-4-5-9-20(19)15-21/h6-7,10-12,15H,3-5,8-9,13-14,16H2,1-2H3,(H,26,28). The average molecular weight is 408 g/mol. The highest BCUT2D eigenvalue weighted by atomic mass is 16.5. The number of ketones is 1. The van der Waals surface area contributed by atoms with E-state index in [0.717, 1.165) is 42.5 Å². The summed E-state index contributed by atoms with van der Waals surface area (Å²) in [6.45, 7) is 3.58. The largest absolute Gasteiger partial charge is 0.456 e. The van der Waals surface area contributed by atoms with Crippen molar-refractivity contribution in [1.29, 1.82) is 0 Å². The number of rotatable bonds is 8. The number of amides is 1. The third kappa shape index (κ3) is 5.56. The van der Waals surface area contributed by atoms with Crippen LogP contribution in [0.2, 0.25) is 0 Å². The van der Waals surface area contributed by atoms with Crippen LogP contribution in [-0.2, 0) is 33.6 Å². The highest BCUT2D eigenvalue weighted by molar-refractivity contribution is 5.98. The number of carbonyl (C=O) groups is 3. The van der Waals surface area contributed by atoms with Gasteiger partial charge in [0.2, 0.25) is 0 Å². The minimum Gasteiger partial charge on any atom is -0.456 e. The molecule has 0 spiro atoms. The minimum atomic E-state index is -0.544. The lowest BCUT2D eigenvalue weighted by atomic mass is 9.89. The normalized spacial score (nSPS) is 12.7. The lowest BCUT2D eigenvalue weighted by molar-refractivity contribution is -0.147. The molecule has 0 fully saturated rings. The Morgan fingerprint density at radius 3 is 2.53 bits per heavy atom. The molecule has 0 radical (unpaired) electrons. The number of esters is 1. The minimum absolute atomic E-state index is 0.0340. The topological polar surface area (TPSA) is 72.5 Å². The highest BCUT2D eigenvalue weighted by Gasteiger charge is 2.16. The summed E-state index contributed by atoms with van der Waals surface area (Å²) in [5, 5.41) is 2.82. The second kappa shape index (κ2) is 10.2. The molecule has 0 aromatic heterocycles. The molecule has 0 unspecified atom stereocenters. The van der Waals surface area contributed by atoms with E-state index >= 15 is 0 Å². The lowest BCUT2D eigenvalue weighted by Gasteiger charge is -2.16. The van der Waals surface area contributed by atoms with Crippen LogP contribution < -0.4 is 5.32 Å². The van der Waals surface area contributed by atoms with Crippen molar-refractivity contribution in [2.75, 3.05) is 11.9 Å². The molecular formula is C25H29NO4. The van der Waals surface area contributed by atoms with Crippen molar-refractivity contribution in [3.63, 3.8) is 0 Å². The Morgan fingerprint density at radius 2 is 1.77 bits per heavy atom. The molecule has 1 aliphatic rings. The molecule has 1 amide bonds. The van der Waals surface area contributed by atoms with E-state index in [0.29, 0.717) is 5.56 Å². The lowest BCUT2D eigenvalue weighted by Crippen LogP contribution is -2.22. The van der Waals surface area contributed by atoms with Gasteiger partial charge < -0.3 is 10.1 Å². The summed E-state index contributed by atoms with van der Waals surface area (Å²) >= 11 is 0. The second-order valence-corrected chi connectivity index (χ2v) is 7.79. The molecule has 0 aliphatic heterocycles. The van der Waals surface area contributed by atoms with Crippen LogP contribution in [0, 0.1) is 6.92 Å². The molecule has 0 atom stereocenters. The molecule has 158 valence electrons. The summed E-state index contributed by atoms with van der Waals surface area (Å²) in [5.74, 6) is -0.998. The number of para-hydroxylation sites is 1. The molecule has 5 heteroatoms. The van der Waals surface area contributed by atoms with Crippen molar-refractivity contribution in [1.82, 2.24) is 0 Å². The third-order valence-electron chi connectivity index (χ3n) is 5.60. The summed E-state index contributed by atoms with van der Waals surface area (Å²) in [7, 11) is 0. The van der Waals surface area contributed by atoms with Gasteiger partial charge in [0.05, 0.1) is 6.42 Å². The van der Waals surface area contributed by atoms with Gasteiger partial charge in [-0.1, -0.05) is 37.3 Å². The van der Waals surface area contributed by atoms with Crippen molar-refractivity contribution >= 4 is 23.3 Å². The SMILES string of the molecule is CCc1cccc(C)c1NC(=O)COC(=O)CCC(=O)c1ccc2c(c1)CCCC2. The van der Waals surface area contributed by atoms with Crippen LogP contribution in [0.4, 0.5) is 5.69 Å². The van der Waals surface area contributed by atoms with Gasteiger partial charge >= 0.3 is 5.97 Å². The van der Waals surface area contributed by atoms with Gasteiger partial charge in [-0.15, -0.1) is 0 Å². The first-order valence-electron chi connectivity index (χ1n) is 10.7. The smallest absolute Gasteiger partial charge is 0.306 e. The summed E-state index contributed by atoms with van der Waals surface area (Å²) in [5.41, 5.74) is 5.98. The average Bonchev–Trinajstić information content (AvgIpc) is 2.77. The number of fused-ring (bicyclic) bond motifs is 1. The monoisotopic (exact) mass is 407 g/mol. The molecule has 30 heavy (non-hydrogen) atoms. The van der Waals surface area contributed by atoms with E-state index in [-0.39, 0.29) is 31.1 Å².